The minimum atomic E-state index is -4.25. The highest BCUT2D eigenvalue weighted by molar-refractivity contribution is 7.52. The number of imidazole rings is 1. The number of halogens is 2. The molecule has 0 aliphatic carbocycles. The molecule has 1 aromatic carbocycles. The first kappa shape index (κ1) is 32.9. The first-order chi connectivity index (χ1) is 20.4. The number of benzene rings is 1. The van der Waals surface area contributed by atoms with E-state index >= 15 is 4.39 Å². The molecular formula is C27H38ClFN7O6P. The summed E-state index contributed by atoms with van der Waals surface area (Å²) in [4.78, 5) is 27.4. The number of nitrogens with two attached hydrogens (primary N) is 1. The van der Waals surface area contributed by atoms with Crippen LogP contribution in [-0.4, -0.2) is 75.5 Å². The maximum absolute atomic E-state index is 15.7. The zero-order valence-corrected chi connectivity index (χ0v) is 26.4. The summed E-state index contributed by atoms with van der Waals surface area (Å²) in [7, 11) is -2.39. The molecule has 13 nitrogen and oxygen atoms in total. The summed E-state index contributed by atoms with van der Waals surface area (Å²) in [5.74, 6) is -0.113. The van der Waals surface area contributed by atoms with E-state index < -0.39 is 44.4 Å². The molecule has 0 unspecified atom stereocenters. The number of esters is 1. The van der Waals surface area contributed by atoms with E-state index in [1.807, 2.05) is 18.9 Å². The normalized spacial score (nSPS) is 22.4. The highest BCUT2D eigenvalue weighted by atomic mass is 35.5. The molecule has 2 aromatic heterocycles. The number of carbonyl (C=O) groups excluding carboxylic acids is 1. The number of fused-ring (bicyclic) bond motifs is 1. The third-order valence-corrected chi connectivity index (χ3v) is 8.74. The number of nitrogens with zero attached hydrogens (tertiary/aromatic N) is 5. The largest absolute Gasteiger partial charge is 0.462 e. The number of nitrogens with one attached hydrogen (secondary N) is 1. The van der Waals surface area contributed by atoms with Gasteiger partial charge in [-0.05, 0) is 39.3 Å². The van der Waals surface area contributed by atoms with Crippen LogP contribution >= 0.6 is 19.3 Å². The summed E-state index contributed by atoms with van der Waals surface area (Å²) >= 11 is 6.33. The molecule has 0 spiro atoms. The van der Waals surface area contributed by atoms with E-state index in [1.54, 1.807) is 44.2 Å². The van der Waals surface area contributed by atoms with Gasteiger partial charge < -0.3 is 24.6 Å². The highest BCUT2D eigenvalue weighted by Crippen LogP contribution is 2.48. The Balaban J connectivity index is 1.58. The van der Waals surface area contributed by atoms with Crippen molar-refractivity contribution in [3.8, 4) is 5.75 Å². The fraction of sp³-hybridized carbons (Fsp3) is 0.556. The summed E-state index contributed by atoms with van der Waals surface area (Å²) < 4.78 is 54.0. The fourth-order valence-electron chi connectivity index (χ4n) is 4.63. The van der Waals surface area contributed by atoms with Gasteiger partial charge in [0, 0.05) is 20.0 Å². The van der Waals surface area contributed by atoms with Gasteiger partial charge in [-0.3, -0.25) is 13.9 Å². The zero-order chi connectivity index (χ0) is 31.4. The number of aromatic nitrogens is 4. The van der Waals surface area contributed by atoms with Crippen molar-refractivity contribution in [2.75, 3.05) is 36.7 Å². The van der Waals surface area contributed by atoms with E-state index in [4.69, 9.17) is 35.9 Å². The Morgan fingerprint density at radius 3 is 2.70 bits per heavy atom. The molecule has 3 aromatic rings. The highest BCUT2D eigenvalue weighted by Gasteiger charge is 2.50. The van der Waals surface area contributed by atoms with Crippen molar-refractivity contribution >= 4 is 48.2 Å². The maximum atomic E-state index is 15.7. The third-order valence-electron chi connectivity index (χ3n) is 6.63. The lowest BCUT2D eigenvalue weighted by molar-refractivity contribution is -0.149. The molecule has 1 aliphatic heterocycles. The molecule has 0 bridgehead atoms. The molecule has 16 heteroatoms. The lowest BCUT2D eigenvalue weighted by Gasteiger charge is -2.30. The number of carbonyl (C=O) groups is 1. The second-order valence-electron chi connectivity index (χ2n) is 10.7. The Morgan fingerprint density at radius 1 is 1.33 bits per heavy atom. The summed E-state index contributed by atoms with van der Waals surface area (Å²) in [5, 5.41) is 2.61. The predicted molar refractivity (Wildman–Crippen MR) is 161 cm³/mol. The number of rotatable bonds is 14. The smallest absolute Gasteiger partial charge is 0.459 e. The topological polar surface area (TPSA) is 156 Å². The third kappa shape index (κ3) is 7.74. The van der Waals surface area contributed by atoms with E-state index in [9.17, 15) is 9.36 Å². The minimum Gasteiger partial charge on any atom is -0.462 e. The van der Waals surface area contributed by atoms with Crippen LogP contribution in [0.1, 0.15) is 46.8 Å². The van der Waals surface area contributed by atoms with Gasteiger partial charge in [0.25, 0.3) is 0 Å². The molecule has 236 valence electrons. The van der Waals surface area contributed by atoms with Crippen LogP contribution in [0, 0.1) is 0 Å². The number of ether oxygens (including phenoxy) is 2. The molecule has 3 N–H and O–H groups in total. The van der Waals surface area contributed by atoms with Crippen LogP contribution in [0.2, 0.25) is 0 Å². The predicted octanol–water partition coefficient (Wildman–Crippen LogP) is 4.62. The van der Waals surface area contributed by atoms with E-state index in [1.165, 1.54) is 17.8 Å². The average molecular weight is 642 g/mol. The molecule has 43 heavy (non-hydrogen) atoms. The molecule has 4 rings (SSSR count). The summed E-state index contributed by atoms with van der Waals surface area (Å²) in [6, 6.07) is 7.23. The molecule has 5 atom stereocenters. The van der Waals surface area contributed by atoms with E-state index in [0.29, 0.717) is 23.5 Å². The van der Waals surface area contributed by atoms with Gasteiger partial charge in [0.15, 0.2) is 23.2 Å². The number of hydrogen-bond acceptors (Lipinski definition) is 11. The van der Waals surface area contributed by atoms with Gasteiger partial charge in [0.2, 0.25) is 5.95 Å². The Labute approximate surface area is 254 Å². The molecule has 0 amide bonds. The lowest BCUT2D eigenvalue weighted by Crippen LogP contribution is -2.40. The van der Waals surface area contributed by atoms with Gasteiger partial charge in [0.05, 0.1) is 24.9 Å². The molecule has 0 radical (unpaired) electrons. The van der Waals surface area contributed by atoms with Crippen LogP contribution < -0.4 is 20.2 Å². The number of anilines is 2. The van der Waals surface area contributed by atoms with Crippen molar-refractivity contribution in [2.24, 2.45) is 0 Å². The molecule has 1 fully saturated rings. The van der Waals surface area contributed by atoms with E-state index in [0.717, 1.165) is 6.42 Å². The molecule has 1 aliphatic rings. The standard InChI is InChI=1S/C27H38ClFN7O6P/c1-6-12-35(5)22-21-23(33-26(30)32-22)36(16-31-21)24-20(29)13-27(14-28,41-24)15-39-43(38,42-19-10-8-7-9-11-19)34-18(4)25(37)40-17(2)3/h7-11,16-18,20,24H,6,12-15H2,1-5H3,(H,34,38)(H2,30,32,33)/t18-,20-,24+,27+,43-/m0/s1. The summed E-state index contributed by atoms with van der Waals surface area (Å²) in [6.45, 7) is 7.16. The van der Waals surface area contributed by atoms with Crippen molar-refractivity contribution in [1.82, 2.24) is 24.6 Å². The molecule has 3 heterocycles. The Kier molecular flexibility index (Phi) is 10.5. The quantitative estimate of drug-likeness (QED) is 0.143. The number of hydrogen-bond donors (Lipinski definition) is 2. The number of alkyl halides is 2. The van der Waals surface area contributed by atoms with Gasteiger partial charge in [-0.2, -0.15) is 15.1 Å². The second-order valence-corrected chi connectivity index (χ2v) is 12.7. The van der Waals surface area contributed by atoms with Gasteiger partial charge in [-0.25, -0.2) is 13.9 Å². The number of para-hydroxylation sites is 1. The van der Waals surface area contributed by atoms with Crippen molar-refractivity contribution in [3.05, 3.63) is 36.7 Å². The minimum absolute atomic E-state index is 0.00253. The van der Waals surface area contributed by atoms with Crippen LogP contribution in [0.25, 0.3) is 11.2 Å². The Hall–Kier alpha value is -3.03. The SMILES string of the molecule is CCCN(C)c1nc(N)nc2c1ncn2[C@@H]1O[C@](CCl)(CO[P@@](=O)(N[C@@H](C)C(=O)OC(C)C)Oc2ccccc2)C[C@@H]1F. The van der Waals surface area contributed by atoms with Crippen molar-refractivity contribution in [1.29, 1.82) is 0 Å². The lowest BCUT2D eigenvalue weighted by atomic mass is 10.0. The van der Waals surface area contributed by atoms with Gasteiger partial charge in [-0.1, -0.05) is 25.1 Å². The van der Waals surface area contributed by atoms with Crippen LogP contribution in [0.5, 0.6) is 5.75 Å². The number of nitrogen functional groups attached to an aromatic ring is 1. The Bertz CT molecular complexity index is 1450. The average Bonchev–Trinajstić information content (AvgIpc) is 3.52. The second kappa shape index (κ2) is 13.7. The Morgan fingerprint density at radius 2 is 2.05 bits per heavy atom. The zero-order valence-electron chi connectivity index (χ0n) is 24.8. The van der Waals surface area contributed by atoms with Crippen LogP contribution in [-0.2, 0) is 23.4 Å². The van der Waals surface area contributed by atoms with Gasteiger partial charge >= 0.3 is 13.7 Å². The molecule has 1 saturated heterocycles. The van der Waals surface area contributed by atoms with Gasteiger partial charge in [0.1, 0.15) is 23.6 Å². The van der Waals surface area contributed by atoms with Crippen molar-refractivity contribution in [2.45, 2.75) is 70.7 Å². The van der Waals surface area contributed by atoms with Crippen LogP contribution in [0.4, 0.5) is 16.2 Å². The first-order valence-corrected chi connectivity index (χ1v) is 16.0. The van der Waals surface area contributed by atoms with Crippen molar-refractivity contribution < 1.29 is 32.3 Å². The van der Waals surface area contributed by atoms with Crippen molar-refractivity contribution in [3.63, 3.8) is 0 Å². The van der Waals surface area contributed by atoms with Crippen LogP contribution in [0.15, 0.2) is 36.7 Å². The summed E-state index contributed by atoms with van der Waals surface area (Å²) in [6.07, 6.45) is -1.05. The van der Waals surface area contributed by atoms with Gasteiger partial charge in [-0.15, -0.1) is 11.6 Å². The molecular weight excluding hydrogens is 604 g/mol. The first-order valence-electron chi connectivity index (χ1n) is 14.0. The molecule has 0 saturated carbocycles. The van der Waals surface area contributed by atoms with Crippen LogP contribution in [0.3, 0.4) is 0 Å². The van der Waals surface area contributed by atoms with E-state index in [-0.39, 0.29) is 30.1 Å². The van der Waals surface area contributed by atoms with E-state index in [2.05, 4.69) is 20.0 Å². The fourth-order valence-corrected chi connectivity index (χ4v) is 6.45. The monoisotopic (exact) mass is 641 g/mol. The summed E-state index contributed by atoms with van der Waals surface area (Å²) in [5.41, 5.74) is 5.31. The maximum Gasteiger partial charge on any atom is 0.459 e.